The minimum Gasteiger partial charge on any atom is -0.508 e. The highest BCUT2D eigenvalue weighted by Gasteiger charge is 2.38. The number of methoxy groups -OCH3 is 1. The fourth-order valence-electron chi connectivity index (χ4n) is 2.00. The van der Waals surface area contributed by atoms with Crippen molar-refractivity contribution < 1.29 is 19.4 Å². The maximum atomic E-state index is 11.6. The summed E-state index contributed by atoms with van der Waals surface area (Å²) in [5.74, 6) is 0.0320. The van der Waals surface area contributed by atoms with Crippen LogP contribution in [-0.2, 0) is 9.53 Å². The van der Waals surface area contributed by atoms with Crippen molar-refractivity contribution in [2.45, 2.75) is 25.9 Å². The van der Waals surface area contributed by atoms with E-state index in [0.29, 0.717) is 11.3 Å². The van der Waals surface area contributed by atoms with E-state index in [9.17, 15) is 9.90 Å². The van der Waals surface area contributed by atoms with Crippen LogP contribution in [0, 0.1) is 6.92 Å². The standard InChI is InChI=1S/C12H14O4/c1-6-4-10-8(5-9(6)13)11(7(2)16-10)12(14)15-3/h4-5,7,11,13H,1-3H3. The van der Waals surface area contributed by atoms with Gasteiger partial charge < -0.3 is 14.6 Å². The van der Waals surface area contributed by atoms with Crippen LogP contribution in [0.3, 0.4) is 0 Å². The maximum absolute atomic E-state index is 11.6. The summed E-state index contributed by atoms with van der Waals surface area (Å²) in [6.45, 7) is 3.60. The van der Waals surface area contributed by atoms with E-state index in [0.717, 1.165) is 5.56 Å². The first-order valence-electron chi connectivity index (χ1n) is 5.12. The van der Waals surface area contributed by atoms with Crippen LogP contribution in [0.25, 0.3) is 0 Å². The van der Waals surface area contributed by atoms with Gasteiger partial charge in [-0.25, -0.2) is 0 Å². The van der Waals surface area contributed by atoms with E-state index in [-0.39, 0.29) is 17.8 Å². The molecule has 1 N–H and O–H groups in total. The minimum atomic E-state index is -0.452. The predicted molar refractivity (Wildman–Crippen MR) is 57.7 cm³/mol. The Balaban J connectivity index is 2.48. The average Bonchev–Trinajstić information content (AvgIpc) is 2.54. The van der Waals surface area contributed by atoms with Gasteiger partial charge in [0, 0.05) is 5.56 Å². The second-order valence-corrected chi connectivity index (χ2v) is 4.00. The van der Waals surface area contributed by atoms with E-state index in [4.69, 9.17) is 9.47 Å². The molecule has 0 saturated carbocycles. The van der Waals surface area contributed by atoms with Crippen molar-refractivity contribution in [2.24, 2.45) is 0 Å². The molecule has 1 heterocycles. The molecule has 4 heteroatoms. The monoisotopic (exact) mass is 222 g/mol. The number of aromatic hydroxyl groups is 1. The largest absolute Gasteiger partial charge is 0.508 e. The molecule has 2 unspecified atom stereocenters. The number of hydrogen-bond donors (Lipinski definition) is 1. The van der Waals surface area contributed by atoms with E-state index < -0.39 is 5.92 Å². The summed E-state index contributed by atoms with van der Waals surface area (Å²) >= 11 is 0. The van der Waals surface area contributed by atoms with Crippen molar-refractivity contribution in [3.63, 3.8) is 0 Å². The van der Waals surface area contributed by atoms with Crippen LogP contribution in [0.2, 0.25) is 0 Å². The molecule has 0 saturated heterocycles. The van der Waals surface area contributed by atoms with Gasteiger partial charge in [0.25, 0.3) is 0 Å². The lowest BCUT2D eigenvalue weighted by molar-refractivity contribution is -0.143. The number of carbonyl (C=O) groups excluding carboxylic acids is 1. The van der Waals surface area contributed by atoms with Gasteiger partial charge in [0.05, 0.1) is 7.11 Å². The van der Waals surface area contributed by atoms with E-state index in [2.05, 4.69) is 0 Å². The topological polar surface area (TPSA) is 55.8 Å². The second kappa shape index (κ2) is 3.70. The van der Waals surface area contributed by atoms with Crippen molar-refractivity contribution in [1.29, 1.82) is 0 Å². The Bertz CT molecular complexity index is 439. The van der Waals surface area contributed by atoms with Crippen LogP contribution >= 0.6 is 0 Å². The molecule has 1 aromatic rings. The Morgan fingerprint density at radius 3 is 2.81 bits per heavy atom. The third-order valence-electron chi connectivity index (χ3n) is 2.90. The highest BCUT2D eigenvalue weighted by Crippen LogP contribution is 2.41. The number of aryl methyl sites for hydroxylation is 1. The molecule has 1 aliphatic rings. The summed E-state index contributed by atoms with van der Waals surface area (Å²) in [6.07, 6.45) is -0.261. The Labute approximate surface area is 93.8 Å². The van der Waals surface area contributed by atoms with Gasteiger partial charge in [-0.3, -0.25) is 4.79 Å². The highest BCUT2D eigenvalue weighted by molar-refractivity contribution is 5.81. The molecule has 4 nitrogen and oxygen atoms in total. The number of fused-ring (bicyclic) bond motifs is 1. The van der Waals surface area contributed by atoms with Crippen LogP contribution in [-0.4, -0.2) is 24.3 Å². The number of esters is 1. The summed E-state index contributed by atoms with van der Waals surface area (Å²) in [5.41, 5.74) is 1.43. The highest BCUT2D eigenvalue weighted by atomic mass is 16.5. The van der Waals surface area contributed by atoms with Gasteiger partial charge in [-0.1, -0.05) is 0 Å². The smallest absolute Gasteiger partial charge is 0.317 e. The molecule has 2 atom stereocenters. The molecule has 1 aliphatic heterocycles. The van der Waals surface area contributed by atoms with Crippen molar-refractivity contribution in [3.8, 4) is 11.5 Å². The molecule has 0 fully saturated rings. The van der Waals surface area contributed by atoms with Gasteiger partial charge in [-0.2, -0.15) is 0 Å². The Morgan fingerprint density at radius 2 is 2.19 bits per heavy atom. The molecule has 0 aliphatic carbocycles. The first kappa shape index (κ1) is 10.8. The first-order valence-corrected chi connectivity index (χ1v) is 5.12. The zero-order valence-corrected chi connectivity index (χ0v) is 9.48. The van der Waals surface area contributed by atoms with Crippen LogP contribution in [0.1, 0.15) is 24.0 Å². The zero-order valence-electron chi connectivity index (χ0n) is 9.48. The van der Waals surface area contributed by atoms with E-state index >= 15 is 0 Å². The first-order chi connectivity index (χ1) is 7.54. The summed E-state index contributed by atoms with van der Waals surface area (Å²) < 4.78 is 10.3. The quantitative estimate of drug-likeness (QED) is 0.735. The molecular weight excluding hydrogens is 208 g/mol. The molecule has 0 bridgehead atoms. The van der Waals surface area contributed by atoms with Crippen LogP contribution < -0.4 is 4.74 Å². The Hall–Kier alpha value is -1.71. The summed E-state index contributed by atoms with van der Waals surface area (Å²) in [6, 6.07) is 3.32. The van der Waals surface area contributed by atoms with Crippen molar-refractivity contribution in [1.82, 2.24) is 0 Å². The van der Waals surface area contributed by atoms with Gasteiger partial charge in [-0.05, 0) is 31.5 Å². The number of phenols is 1. The summed E-state index contributed by atoms with van der Waals surface area (Å²) in [4.78, 5) is 11.6. The molecule has 86 valence electrons. The van der Waals surface area contributed by atoms with Gasteiger partial charge in [0.15, 0.2) is 0 Å². The van der Waals surface area contributed by atoms with Gasteiger partial charge in [0.2, 0.25) is 0 Å². The number of ether oxygens (including phenoxy) is 2. The second-order valence-electron chi connectivity index (χ2n) is 4.00. The lowest BCUT2D eigenvalue weighted by atomic mass is 9.95. The third-order valence-corrected chi connectivity index (χ3v) is 2.90. The maximum Gasteiger partial charge on any atom is 0.317 e. The molecule has 0 spiro atoms. The van der Waals surface area contributed by atoms with Crippen molar-refractivity contribution >= 4 is 5.97 Å². The third kappa shape index (κ3) is 1.50. The van der Waals surface area contributed by atoms with E-state index in [1.165, 1.54) is 7.11 Å². The molecule has 0 amide bonds. The number of benzene rings is 1. The Morgan fingerprint density at radius 1 is 1.50 bits per heavy atom. The van der Waals surface area contributed by atoms with Gasteiger partial charge in [0.1, 0.15) is 23.5 Å². The van der Waals surface area contributed by atoms with Gasteiger partial charge >= 0.3 is 5.97 Å². The molecule has 2 rings (SSSR count). The minimum absolute atomic E-state index is 0.172. The lowest BCUT2D eigenvalue weighted by Gasteiger charge is -2.11. The Kier molecular flexibility index (Phi) is 2.50. The molecule has 0 radical (unpaired) electrons. The predicted octanol–water partition coefficient (Wildman–Crippen LogP) is 1.74. The van der Waals surface area contributed by atoms with E-state index in [1.807, 2.05) is 6.92 Å². The van der Waals surface area contributed by atoms with E-state index in [1.54, 1.807) is 19.1 Å². The average molecular weight is 222 g/mol. The number of hydrogen-bond acceptors (Lipinski definition) is 4. The lowest BCUT2D eigenvalue weighted by Crippen LogP contribution is -2.23. The SMILES string of the molecule is COC(=O)C1c2cc(O)c(C)cc2OC1C. The summed E-state index contributed by atoms with van der Waals surface area (Å²) in [5, 5.41) is 9.63. The zero-order chi connectivity index (χ0) is 11.9. The fraction of sp³-hybridized carbons (Fsp3) is 0.417. The van der Waals surface area contributed by atoms with Crippen LogP contribution in [0.15, 0.2) is 12.1 Å². The van der Waals surface area contributed by atoms with Gasteiger partial charge in [-0.15, -0.1) is 0 Å². The van der Waals surface area contributed by atoms with Crippen molar-refractivity contribution in [2.75, 3.05) is 7.11 Å². The number of carbonyl (C=O) groups is 1. The van der Waals surface area contributed by atoms with Crippen LogP contribution in [0.4, 0.5) is 0 Å². The molecule has 0 aromatic heterocycles. The van der Waals surface area contributed by atoms with Crippen LogP contribution in [0.5, 0.6) is 11.5 Å². The van der Waals surface area contributed by atoms with Crippen molar-refractivity contribution in [3.05, 3.63) is 23.3 Å². The normalized spacial score (nSPS) is 22.4. The number of rotatable bonds is 1. The summed E-state index contributed by atoms with van der Waals surface area (Å²) in [7, 11) is 1.35. The molecular formula is C12H14O4. The number of phenolic OH excluding ortho intramolecular Hbond substituents is 1. The molecule has 16 heavy (non-hydrogen) atoms. The molecule has 1 aromatic carbocycles. The fourth-order valence-corrected chi connectivity index (χ4v) is 2.00.